The molecular formula is C16H30N2O. The van der Waals surface area contributed by atoms with Crippen LogP contribution in [0.2, 0.25) is 0 Å². The van der Waals surface area contributed by atoms with Crippen molar-refractivity contribution >= 4 is 5.91 Å². The van der Waals surface area contributed by atoms with Gasteiger partial charge in [0.15, 0.2) is 0 Å². The topological polar surface area (TPSA) is 32.3 Å². The second-order valence-electron chi connectivity index (χ2n) is 6.77. The third-order valence-electron chi connectivity index (χ3n) is 4.69. The van der Waals surface area contributed by atoms with Crippen LogP contribution in [0.5, 0.6) is 0 Å². The smallest absolute Gasteiger partial charge is 0.244 e. The summed E-state index contributed by atoms with van der Waals surface area (Å²) in [5, 5.41) is 3.68. The normalized spacial score (nSPS) is 26.0. The lowest BCUT2D eigenvalue weighted by Gasteiger charge is -2.24. The van der Waals surface area contributed by atoms with Gasteiger partial charge in [-0.25, -0.2) is 0 Å². The van der Waals surface area contributed by atoms with Gasteiger partial charge in [0.1, 0.15) is 0 Å². The van der Waals surface area contributed by atoms with Crippen LogP contribution >= 0.6 is 0 Å². The van der Waals surface area contributed by atoms with Crippen LogP contribution in [0.1, 0.15) is 72.1 Å². The summed E-state index contributed by atoms with van der Waals surface area (Å²) in [6, 6.07) is 0. The van der Waals surface area contributed by atoms with Gasteiger partial charge in [-0.2, -0.15) is 0 Å². The predicted octanol–water partition coefficient (Wildman–Crippen LogP) is 3.29. The summed E-state index contributed by atoms with van der Waals surface area (Å²) < 4.78 is 0. The second kappa shape index (κ2) is 6.25. The fraction of sp³-hybridized carbons (Fsp3) is 0.938. The first kappa shape index (κ1) is 14.8. The van der Waals surface area contributed by atoms with Gasteiger partial charge in [-0.3, -0.25) is 10.1 Å². The zero-order valence-electron chi connectivity index (χ0n) is 12.9. The minimum atomic E-state index is -0.183. The van der Waals surface area contributed by atoms with E-state index in [1.807, 2.05) is 0 Å². The fourth-order valence-corrected chi connectivity index (χ4v) is 3.64. The average Bonchev–Trinajstić information content (AvgIpc) is 2.91. The molecule has 1 spiro atoms. The molecule has 1 heterocycles. The zero-order valence-corrected chi connectivity index (χ0v) is 12.9. The van der Waals surface area contributed by atoms with Crippen molar-refractivity contribution in [3.8, 4) is 0 Å². The van der Waals surface area contributed by atoms with Gasteiger partial charge in [0.05, 0.1) is 11.7 Å². The van der Waals surface area contributed by atoms with Gasteiger partial charge in [-0.1, -0.05) is 40.0 Å². The van der Waals surface area contributed by atoms with E-state index in [9.17, 15) is 4.79 Å². The van der Waals surface area contributed by atoms with Crippen molar-refractivity contribution in [3.63, 3.8) is 0 Å². The monoisotopic (exact) mass is 266 g/mol. The van der Waals surface area contributed by atoms with E-state index in [1.165, 1.54) is 19.3 Å². The highest BCUT2D eigenvalue weighted by molar-refractivity contribution is 5.89. The van der Waals surface area contributed by atoms with Crippen LogP contribution in [0.25, 0.3) is 0 Å². The Morgan fingerprint density at radius 1 is 1.37 bits per heavy atom. The van der Waals surface area contributed by atoms with Crippen molar-refractivity contribution in [3.05, 3.63) is 0 Å². The summed E-state index contributed by atoms with van der Waals surface area (Å²) >= 11 is 0. The zero-order chi connectivity index (χ0) is 13.9. The average molecular weight is 266 g/mol. The van der Waals surface area contributed by atoms with Crippen molar-refractivity contribution < 1.29 is 4.79 Å². The molecule has 2 aliphatic rings. The Kier molecular flexibility index (Phi) is 4.88. The van der Waals surface area contributed by atoms with Crippen molar-refractivity contribution in [2.24, 2.45) is 5.92 Å². The Labute approximate surface area is 118 Å². The van der Waals surface area contributed by atoms with E-state index in [0.717, 1.165) is 44.6 Å². The molecule has 1 unspecified atom stereocenters. The highest BCUT2D eigenvalue weighted by Crippen LogP contribution is 2.37. The molecule has 2 fully saturated rings. The second-order valence-corrected chi connectivity index (χ2v) is 6.77. The van der Waals surface area contributed by atoms with Crippen LogP contribution in [0.3, 0.4) is 0 Å². The molecule has 1 aliphatic heterocycles. The number of nitrogens with one attached hydrogen (secondary N) is 1. The quantitative estimate of drug-likeness (QED) is 0.800. The SMILES string of the molecule is CCCC1NC2(CCCC2)C(=O)N1CCCC(C)C. The number of rotatable bonds is 6. The van der Waals surface area contributed by atoms with Gasteiger partial charge in [0, 0.05) is 6.54 Å². The number of carbonyl (C=O) groups is 1. The van der Waals surface area contributed by atoms with Crippen molar-refractivity contribution in [2.45, 2.75) is 83.8 Å². The molecular weight excluding hydrogens is 236 g/mol. The van der Waals surface area contributed by atoms with E-state index in [0.29, 0.717) is 12.1 Å². The first-order chi connectivity index (χ1) is 9.09. The van der Waals surface area contributed by atoms with Gasteiger partial charge >= 0.3 is 0 Å². The molecule has 3 nitrogen and oxygen atoms in total. The lowest BCUT2D eigenvalue weighted by Crippen LogP contribution is -2.44. The van der Waals surface area contributed by atoms with Gasteiger partial charge in [-0.05, 0) is 38.0 Å². The molecule has 1 aliphatic carbocycles. The summed E-state index contributed by atoms with van der Waals surface area (Å²) in [6.07, 6.45) is 9.39. The third kappa shape index (κ3) is 3.13. The molecule has 1 saturated heterocycles. The number of nitrogens with zero attached hydrogens (tertiary/aromatic N) is 1. The van der Waals surface area contributed by atoms with Gasteiger partial charge in [-0.15, -0.1) is 0 Å². The maximum absolute atomic E-state index is 12.8. The molecule has 0 aromatic heterocycles. The van der Waals surface area contributed by atoms with Gasteiger partial charge < -0.3 is 4.90 Å². The minimum absolute atomic E-state index is 0.183. The fourth-order valence-electron chi connectivity index (χ4n) is 3.64. The molecule has 1 N–H and O–H groups in total. The lowest BCUT2D eigenvalue weighted by molar-refractivity contribution is -0.133. The summed E-state index contributed by atoms with van der Waals surface area (Å²) in [5.41, 5.74) is -0.183. The van der Waals surface area contributed by atoms with E-state index >= 15 is 0 Å². The molecule has 0 bridgehead atoms. The van der Waals surface area contributed by atoms with E-state index in [1.54, 1.807) is 0 Å². The van der Waals surface area contributed by atoms with Crippen LogP contribution in [-0.4, -0.2) is 29.1 Å². The highest BCUT2D eigenvalue weighted by Gasteiger charge is 2.51. The first-order valence-electron chi connectivity index (χ1n) is 8.18. The van der Waals surface area contributed by atoms with Crippen molar-refractivity contribution in [1.82, 2.24) is 10.2 Å². The maximum atomic E-state index is 12.8. The molecule has 1 atom stereocenters. The van der Waals surface area contributed by atoms with Gasteiger partial charge in [0.25, 0.3) is 0 Å². The standard InChI is InChI=1S/C16H30N2O/c1-4-8-14-17-16(10-5-6-11-16)15(19)18(14)12-7-9-13(2)3/h13-14,17H,4-12H2,1-3H3. The Hall–Kier alpha value is -0.570. The Morgan fingerprint density at radius 2 is 2.05 bits per heavy atom. The molecule has 1 saturated carbocycles. The number of hydrogen-bond donors (Lipinski definition) is 1. The summed E-state index contributed by atoms with van der Waals surface area (Å²) in [7, 11) is 0. The Bertz CT molecular complexity index is 308. The van der Waals surface area contributed by atoms with Crippen molar-refractivity contribution in [2.75, 3.05) is 6.54 Å². The minimum Gasteiger partial charge on any atom is -0.326 e. The van der Waals surface area contributed by atoms with Gasteiger partial charge in [0.2, 0.25) is 5.91 Å². The summed E-state index contributed by atoms with van der Waals surface area (Å²) in [4.78, 5) is 14.9. The van der Waals surface area contributed by atoms with E-state index in [4.69, 9.17) is 0 Å². The van der Waals surface area contributed by atoms with Crippen LogP contribution < -0.4 is 5.32 Å². The number of amides is 1. The highest BCUT2D eigenvalue weighted by atomic mass is 16.2. The van der Waals surface area contributed by atoms with Crippen LogP contribution in [0.4, 0.5) is 0 Å². The maximum Gasteiger partial charge on any atom is 0.244 e. The molecule has 110 valence electrons. The van der Waals surface area contributed by atoms with E-state index in [2.05, 4.69) is 31.0 Å². The van der Waals surface area contributed by atoms with Crippen molar-refractivity contribution in [1.29, 1.82) is 0 Å². The summed E-state index contributed by atoms with van der Waals surface area (Å²) in [6.45, 7) is 7.66. The van der Waals surface area contributed by atoms with Crippen LogP contribution in [-0.2, 0) is 4.79 Å². The van der Waals surface area contributed by atoms with Crippen LogP contribution in [0, 0.1) is 5.92 Å². The molecule has 0 aromatic carbocycles. The number of carbonyl (C=O) groups excluding carboxylic acids is 1. The van der Waals surface area contributed by atoms with E-state index < -0.39 is 0 Å². The van der Waals surface area contributed by atoms with E-state index in [-0.39, 0.29) is 5.54 Å². The Morgan fingerprint density at radius 3 is 2.63 bits per heavy atom. The summed E-state index contributed by atoms with van der Waals surface area (Å²) in [5.74, 6) is 1.13. The molecule has 0 radical (unpaired) electrons. The number of hydrogen-bond acceptors (Lipinski definition) is 2. The van der Waals surface area contributed by atoms with Crippen LogP contribution in [0.15, 0.2) is 0 Å². The predicted molar refractivity (Wildman–Crippen MR) is 78.8 cm³/mol. The molecule has 19 heavy (non-hydrogen) atoms. The molecule has 3 heteroatoms. The lowest BCUT2D eigenvalue weighted by atomic mass is 9.98. The molecule has 0 aromatic rings. The largest absolute Gasteiger partial charge is 0.326 e. The molecule has 1 amide bonds. The first-order valence-corrected chi connectivity index (χ1v) is 8.18. The third-order valence-corrected chi connectivity index (χ3v) is 4.69. The Balaban J connectivity index is 1.99. The molecule has 2 rings (SSSR count).